The molecule has 0 amide bonds. The van der Waals surface area contributed by atoms with Gasteiger partial charge in [-0.15, -0.1) is 0 Å². The zero-order valence-corrected chi connectivity index (χ0v) is 11.7. The Kier molecular flexibility index (Phi) is 3.75. The Hall–Kier alpha value is -1.97. The van der Waals surface area contributed by atoms with Crippen LogP contribution in [0.1, 0.15) is 32.4 Å². The standard InChI is InChI=1S/C14H17N3O3/c1-14(2,3)16-12(10-7-5-4-6-8-10)13(17(18)19)11(9-15)20-16/h4-8,11-13H,1-3H3/t11-,12+,13-/m1/s1. The van der Waals surface area contributed by atoms with E-state index in [1.165, 1.54) is 0 Å². The Morgan fingerprint density at radius 3 is 2.40 bits per heavy atom. The summed E-state index contributed by atoms with van der Waals surface area (Å²) in [4.78, 5) is 16.5. The molecule has 0 unspecified atom stereocenters. The molecule has 1 heterocycles. The van der Waals surface area contributed by atoms with E-state index in [0.717, 1.165) is 5.56 Å². The van der Waals surface area contributed by atoms with Crippen molar-refractivity contribution < 1.29 is 9.76 Å². The Balaban J connectivity index is 2.50. The largest absolute Gasteiger partial charge is 0.275 e. The van der Waals surface area contributed by atoms with Crippen LogP contribution in [0.2, 0.25) is 0 Å². The predicted octanol–water partition coefficient (Wildman–Crippen LogP) is 2.31. The van der Waals surface area contributed by atoms with Crippen molar-refractivity contribution in [2.24, 2.45) is 0 Å². The monoisotopic (exact) mass is 275 g/mol. The predicted molar refractivity (Wildman–Crippen MR) is 72.0 cm³/mol. The van der Waals surface area contributed by atoms with E-state index in [1.807, 2.05) is 57.2 Å². The lowest BCUT2D eigenvalue weighted by molar-refractivity contribution is -0.527. The highest BCUT2D eigenvalue weighted by Gasteiger charge is 2.55. The van der Waals surface area contributed by atoms with Crippen LogP contribution in [0.5, 0.6) is 0 Å². The molecule has 0 aliphatic carbocycles. The molecule has 1 aliphatic rings. The second kappa shape index (κ2) is 5.19. The maximum Gasteiger partial charge on any atom is 0.275 e. The molecule has 3 atom stereocenters. The Labute approximate surface area is 117 Å². The molecule has 1 saturated heterocycles. The van der Waals surface area contributed by atoms with Gasteiger partial charge >= 0.3 is 0 Å². The van der Waals surface area contributed by atoms with Gasteiger partial charge in [0.15, 0.2) is 0 Å². The smallest absolute Gasteiger partial charge is 0.272 e. The summed E-state index contributed by atoms with van der Waals surface area (Å²) in [5.74, 6) is 0. The summed E-state index contributed by atoms with van der Waals surface area (Å²) in [5.41, 5.74) is 0.335. The zero-order chi connectivity index (χ0) is 14.9. The summed E-state index contributed by atoms with van der Waals surface area (Å²) in [6.07, 6.45) is -1.07. The minimum absolute atomic E-state index is 0.419. The number of rotatable bonds is 2. The van der Waals surface area contributed by atoms with Crippen LogP contribution in [0, 0.1) is 21.4 Å². The quantitative estimate of drug-likeness (QED) is 0.611. The zero-order valence-electron chi connectivity index (χ0n) is 11.7. The molecule has 0 spiro atoms. The van der Waals surface area contributed by atoms with Gasteiger partial charge in [-0.25, -0.2) is 0 Å². The molecule has 1 aromatic rings. The number of hydrogen-bond acceptors (Lipinski definition) is 5. The molecule has 1 aliphatic heterocycles. The average molecular weight is 275 g/mol. The molecular weight excluding hydrogens is 258 g/mol. The third-order valence-corrected chi connectivity index (χ3v) is 3.29. The van der Waals surface area contributed by atoms with Gasteiger partial charge in [0.1, 0.15) is 12.1 Å². The van der Waals surface area contributed by atoms with Crippen LogP contribution in [-0.2, 0) is 4.84 Å². The molecule has 0 aromatic heterocycles. The van der Waals surface area contributed by atoms with Crippen LogP contribution < -0.4 is 0 Å². The molecule has 0 radical (unpaired) electrons. The lowest BCUT2D eigenvalue weighted by atomic mass is 9.94. The molecular formula is C14H17N3O3. The average Bonchev–Trinajstić information content (AvgIpc) is 2.79. The van der Waals surface area contributed by atoms with Crippen molar-refractivity contribution in [2.75, 3.05) is 0 Å². The van der Waals surface area contributed by atoms with Crippen LogP contribution in [0.4, 0.5) is 0 Å². The molecule has 2 rings (SSSR count). The summed E-state index contributed by atoms with van der Waals surface area (Å²) >= 11 is 0. The van der Waals surface area contributed by atoms with Crippen molar-refractivity contribution in [2.45, 2.75) is 44.5 Å². The van der Waals surface area contributed by atoms with Crippen molar-refractivity contribution in [3.63, 3.8) is 0 Å². The van der Waals surface area contributed by atoms with Crippen molar-refractivity contribution in [3.05, 3.63) is 46.0 Å². The lowest BCUT2D eigenvalue weighted by Crippen LogP contribution is -2.42. The third kappa shape index (κ3) is 2.50. The van der Waals surface area contributed by atoms with Gasteiger partial charge in [-0.2, -0.15) is 10.3 Å². The van der Waals surface area contributed by atoms with Crippen molar-refractivity contribution >= 4 is 0 Å². The molecule has 1 fully saturated rings. The number of nitrogens with zero attached hydrogens (tertiary/aromatic N) is 3. The van der Waals surface area contributed by atoms with Crippen LogP contribution in [0.3, 0.4) is 0 Å². The molecule has 6 nitrogen and oxygen atoms in total. The second-order valence-electron chi connectivity index (χ2n) is 5.78. The number of nitriles is 1. The molecule has 0 saturated carbocycles. The van der Waals surface area contributed by atoms with E-state index in [4.69, 9.17) is 10.1 Å². The molecule has 106 valence electrons. The van der Waals surface area contributed by atoms with Crippen molar-refractivity contribution in [1.29, 1.82) is 5.26 Å². The normalized spacial score (nSPS) is 27.2. The summed E-state index contributed by atoms with van der Waals surface area (Å²) in [6.45, 7) is 5.71. The van der Waals surface area contributed by atoms with Crippen LogP contribution in [0.25, 0.3) is 0 Å². The highest BCUT2D eigenvalue weighted by Crippen LogP contribution is 2.40. The minimum Gasteiger partial charge on any atom is -0.272 e. The highest BCUT2D eigenvalue weighted by atomic mass is 16.7. The Bertz CT molecular complexity index is 533. The van der Waals surface area contributed by atoms with Gasteiger partial charge in [0.2, 0.25) is 6.10 Å². The molecule has 1 aromatic carbocycles. The topological polar surface area (TPSA) is 79.4 Å². The SMILES string of the molecule is CC(C)(C)N1O[C@H](C#N)[C@@H]([N+](=O)[O-])[C@@H]1c1ccccc1. The third-order valence-electron chi connectivity index (χ3n) is 3.29. The maximum absolute atomic E-state index is 11.4. The van der Waals surface area contributed by atoms with Crippen LogP contribution in [-0.4, -0.2) is 27.7 Å². The van der Waals surface area contributed by atoms with Gasteiger partial charge in [0.25, 0.3) is 6.04 Å². The van der Waals surface area contributed by atoms with Crippen LogP contribution in [0.15, 0.2) is 30.3 Å². The molecule has 6 heteroatoms. The maximum atomic E-state index is 11.4. The van der Waals surface area contributed by atoms with E-state index in [0.29, 0.717) is 0 Å². The van der Waals surface area contributed by atoms with E-state index in [1.54, 1.807) is 5.06 Å². The molecule has 0 bridgehead atoms. The van der Waals surface area contributed by atoms with E-state index in [-0.39, 0.29) is 0 Å². The van der Waals surface area contributed by atoms with E-state index in [9.17, 15) is 10.1 Å². The number of hydrogen-bond donors (Lipinski definition) is 0. The van der Waals surface area contributed by atoms with Crippen molar-refractivity contribution in [1.82, 2.24) is 5.06 Å². The summed E-state index contributed by atoms with van der Waals surface area (Å²) < 4.78 is 0. The summed E-state index contributed by atoms with van der Waals surface area (Å²) in [5, 5.41) is 22.1. The Morgan fingerprint density at radius 2 is 1.95 bits per heavy atom. The first-order valence-electron chi connectivity index (χ1n) is 6.40. The first kappa shape index (κ1) is 14.4. The fraction of sp³-hybridized carbons (Fsp3) is 0.500. The van der Waals surface area contributed by atoms with Gasteiger partial charge < -0.3 is 0 Å². The fourth-order valence-corrected chi connectivity index (χ4v) is 2.44. The number of nitro groups is 1. The van der Waals surface area contributed by atoms with Gasteiger partial charge in [0, 0.05) is 10.5 Å². The van der Waals surface area contributed by atoms with Crippen molar-refractivity contribution in [3.8, 4) is 6.07 Å². The summed E-state index contributed by atoms with van der Waals surface area (Å²) in [7, 11) is 0. The van der Waals surface area contributed by atoms with Gasteiger partial charge in [-0.3, -0.25) is 15.0 Å². The minimum atomic E-state index is -1.10. The van der Waals surface area contributed by atoms with E-state index >= 15 is 0 Å². The van der Waals surface area contributed by atoms with Gasteiger partial charge in [-0.05, 0) is 26.3 Å². The molecule has 20 heavy (non-hydrogen) atoms. The highest BCUT2D eigenvalue weighted by molar-refractivity contribution is 5.23. The Morgan fingerprint density at radius 1 is 1.35 bits per heavy atom. The second-order valence-corrected chi connectivity index (χ2v) is 5.78. The van der Waals surface area contributed by atoms with E-state index in [2.05, 4.69) is 0 Å². The lowest BCUT2D eigenvalue weighted by Gasteiger charge is -2.34. The number of benzene rings is 1. The van der Waals surface area contributed by atoms with Crippen LogP contribution >= 0.6 is 0 Å². The van der Waals surface area contributed by atoms with Gasteiger partial charge in [0.05, 0.1) is 0 Å². The first-order chi connectivity index (χ1) is 9.36. The number of hydroxylamine groups is 2. The first-order valence-corrected chi connectivity index (χ1v) is 6.40. The summed E-state index contributed by atoms with van der Waals surface area (Å²) in [6, 6.07) is 9.37. The molecule has 0 N–H and O–H groups in total. The van der Waals surface area contributed by atoms with Gasteiger partial charge in [-0.1, -0.05) is 30.3 Å². The fourth-order valence-electron chi connectivity index (χ4n) is 2.44. The van der Waals surface area contributed by atoms with E-state index < -0.39 is 28.6 Å².